The van der Waals surface area contributed by atoms with Gasteiger partial charge in [0.25, 0.3) is 5.91 Å². The lowest BCUT2D eigenvalue weighted by molar-refractivity contribution is 0.0953. The van der Waals surface area contributed by atoms with E-state index in [-0.39, 0.29) is 11.7 Å². The molecule has 0 aliphatic carbocycles. The van der Waals surface area contributed by atoms with E-state index in [0.29, 0.717) is 20.5 Å². The van der Waals surface area contributed by atoms with E-state index >= 15 is 0 Å². The number of aryl methyl sites for hydroxylation is 1. The average Bonchev–Trinajstić information content (AvgIpc) is 2.81. The summed E-state index contributed by atoms with van der Waals surface area (Å²) in [7, 11) is 0. The Hall–Kier alpha value is -1.35. The molecule has 0 aliphatic rings. The van der Waals surface area contributed by atoms with Crippen LogP contribution >= 0.6 is 38.5 Å². The summed E-state index contributed by atoms with van der Waals surface area (Å²) in [5, 5.41) is 13.7. The lowest BCUT2D eigenvalue weighted by atomic mass is 10.2. The van der Waals surface area contributed by atoms with E-state index in [2.05, 4.69) is 26.5 Å². The van der Waals surface area contributed by atoms with Crippen molar-refractivity contribution >= 4 is 50.6 Å². The number of nitrogens with zero attached hydrogens (tertiary/aromatic N) is 1. The number of phenolic OH excluding ortho intramolecular Hbond substituents is 1. The van der Waals surface area contributed by atoms with Gasteiger partial charge in [0, 0.05) is 10.0 Å². The molecule has 0 saturated heterocycles. The van der Waals surface area contributed by atoms with E-state index < -0.39 is 0 Å². The van der Waals surface area contributed by atoms with Gasteiger partial charge >= 0.3 is 0 Å². The highest BCUT2D eigenvalue weighted by Crippen LogP contribution is 2.27. The number of furan rings is 1. The minimum absolute atomic E-state index is 0.117. The molecule has 0 atom stereocenters. The van der Waals surface area contributed by atoms with Gasteiger partial charge in [-0.3, -0.25) is 4.79 Å². The number of halogens is 2. The molecule has 0 fully saturated rings. The van der Waals surface area contributed by atoms with E-state index in [1.807, 2.05) is 22.6 Å². The number of hydrazone groups is 1. The summed E-state index contributed by atoms with van der Waals surface area (Å²) < 4.78 is 6.55. The first-order valence-corrected chi connectivity index (χ1v) is 7.41. The van der Waals surface area contributed by atoms with Crippen molar-refractivity contribution in [2.75, 3.05) is 0 Å². The quantitative estimate of drug-likeness (QED) is 0.429. The van der Waals surface area contributed by atoms with Gasteiger partial charge in [0.15, 0.2) is 0 Å². The zero-order valence-electron chi connectivity index (χ0n) is 10.4. The fraction of sp³-hybridized carbons (Fsp3) is 0.0769. The van der Waals surface area contributed by atoms with Crippen molar-refractivity contribution in [2.45, 2.75) is 6.92 Å². The molecule has 20 heavy (non-hydrogen) atoms. The third-order valence-electron chi connectivity index (χ3n) is 2.53. The van der Waals surface area contributed by atoms with Gasteiger partial charge in [-0.1, -0.05) is 15.9 Å². The minimum Gasteiger partial charge on any atom is -0.506 e. The second-order valence-corrected chi connectivity index (χ2v) is 5.99. The molecule has 1 amide bonds. The SMILES string of the molecule is Cc1occc1C(=O)NN=Cc1cc(Br)cc(I)c1O. The fourth-order valence-electron chi connectivity index (χ4n) is 1.53. The van der Waals surface area contributed by atoms with Gasteiger partial charge in [0.2, 0.25) is 0 Å². The minimum atomic E-state index is -0.364. The highest BCUT2D eigenvalue weighted by molar-refractivity contribution is 14.1. The predicted octanol–water partition coefficient (Wildman–Crippen LogP) is 3.42. The highest BCUT2D eigenvalue weighted by Gasteiger charge is 2.10. The van der Waals surface area contributed by atoms with Crippen LogP contribution in [0.25, 0.3) is 0 Å². The van der Waals surface area contributed by atoms with E-state index in [9.17, 15) is 9.90 Å². The smallest absolute Gasteiger partial charge is 0.274 e. The Morgan fingerprint density at radius 3 is 2.95 bits per heavy atom. The van der Waals surface area contributed by atoms with Gasteiger partial charge in [-0.05, 0) is 47.7 Å². The lowest BCUT2D eigenvalue weighted by Crippen LogP contribution is -2.17. The number of hydrogen-bond acceptors (Lipinski definition) is 4. The molecule has 1 heterocycles. The van der Waals surface area contributed by atoms with E-state index in [4.69, 9.17) is 4.42 Å². The summed E-state index contributed by atoms with van der Waals surface area (Å²) >= 11 is 5.34. The third kappa shape index (κ3) is 3.40. The van der Waals surface area contributed by atoms with E-state index in [1.54, 1.807) is 25.1 Å². The standard InChI is InChI=1S/C13H10BrIN2O3/c1-7-10(2-3-20-7)13(19)17-16-6-8-4-9(14)5-11(15)12(8)18/h2-6,18H,1H3,(H,17,19). The maximum absolute atomic E-state index is 11.8. The summed E-state index contributed by atoms with van der Waals surface area (Å²) in [5.74, 6) is 0.278. The fourth-order valence-corrected chi connectivity index (χ4v) is 3.08. The van der Waals surface area contributed by atoms with Crippen LogP contribution in [0.4, 0.5) is 0 Å². The van der Waals surface area contributed by atoms with Crippen molar-refractivity contribution in [3.05, 3.63) is 49.4 Å². The molecular weight excluding hydrogens is 439 g/mol. The molecule has 1 aromatic carbocycles. The Balaban J connectivity index is 2.11. The number of benzene rings is 1. The molecule has 2 aromatic rings. The molecule has 2 N–H and O–H groups in total. The number of hydrogen-bond donors (Lipinski definition) is 2. The second-order valence-electron chi connectivity index (χ2n) is 3.92. The monoisotopic (exact) mass is 448 g/mol. The van der Waals surface area contributed by atoms with Gasteiger partial charge in [0.1, 0.15) is 11.5 Å². The zero-order valence-corrected chi connectivity index (χ0v) is 14.1. The summed E-state index contributed by atoms with van der Waals surface area (Å²) in [6.07, 6.45) is 2.83. The van der Waals surface area contributed by atoms with Crippen molar-refractivity contribution in [1.82, 2.24) is 5.43 Å². The van der Waals surface area contributed by atoms with Crippen LogP contribution in [0.1, 0.15) is 21.7 Å². The van der Waals surface area contributed by atoms with Gasteiger partial charge < -0.3 is 9.52 Å². The lowest BCUT2D eigenvalue weighted by Gasteiger charge is -2.03. The molecule has 0 aliphatic heterocycles. The van der Waals surface area contributed by atoms with Gasteiger partial charge in [-0.25, -0.2) is 5.43 Å². The summed E-state index contributed by atoms with van der Waals surface area (Å²) in [5.41, 5.74) is 3.32. The number of aromatic hydroxyl groups is 1. The van der Waals surface area contributed by atoms with Crippen LogP contribution in [0.15, 0.2) is 38.5 Å². The predicted molar refractivity (Wildman–Crippen MR) is 87.0 cm³/mol. The highest BCUT2D eigenvalue weighted by atomic mass is 127. The molecular formula is C13H10BrIN2O3. The van der Waals surface area contributed by atoms with Crippen LogP contribution < -0.4 is 5.43 Å². The molecule has 0 saturated carbocycles. The topological polar surface area (TPSA) is 74.8 Å². The Morgan fingerprint density at radius 1 is 1.55 bits per heavy atom. The van der Waals surface area contributed by atoms with Crippen LogP contribution in [0, 0.1) is 10.5 Å². The first-order chi connectivity index (χ1) is 9.49. The summed E-state index contributed by atoms with van der Waals surface area (Å²) in [6.45, 7) is 1.70. The first kappa shape index (κ1) is 15.0. The average molecular weight is 449 g/mol. The summed E-state index contributed by atoms with van der Waals surface area (Å²) in [4.78, 5) is 11.8. The third-order valence-corrected chi connectivity index (χ3v) is 3.81. The van der Waals surface area contributed by atoms with Crippen molar-refractivity contribution in [3.63, 3.8) is 0 Å². The summed E-state index contributed by atoms with van der Waals surface area (Å²) in [6, 6.07) is 5.05. The largest absolute Gasteiger partial charge is 0.506 e. The Kier molecular flexibility index (Phi) is 4.81. The molecule has 104 valence electrons. The molecule has 0 spiro atoms. The molecule has 7 heteroatoms. The Labute approximate surface area is 137 Å². The molecule has 1 aromatic heterocycles. The van der Waals surface area contributed by atoms with Crippen molar-refractivity contribution in [3.8, 4) is 5.75 Å². The second kappa shape index (κ2) is 6.40. The van der Waals surface area contributed by atoms with Gasteiger partial charge in [-0.15, -0.1) is 0 Å². The van der Waals surface area contributed by atoms with Crippen LogP contribution in [0.5, 0.6) is 5.75 Å². The van der Waals surface area contributed by atoms with Crippen molar-refractivity contribution in [1.29, 1.82) is 0 Å². The molecule has 2 rings (SSSR count). The van der Waals surface area contributed by atoms with Crippen LogP contribution in [-0.4, -0.2) is 17.2 Å². The Morgan fingerprint density at radius 2 is 2.30 bits per heavy atom. The van der Waals surface area contributed by atoms with Crippen LogP contribution in [0.2, 0.25) is 0 Å². The number of carbonyl (C=O) groups excluding carboxylic acids is 1. The molecule has 0 unspecified atom stereocenters. The number of amides is 1. The van der Waals surface area contributed by atoms with Crippen LogP contribution in [-0.2, 0) is 0 Å². The maximum atomic E-state index is 11.8. The number of rotatable bonds is 3. The van der Waals surface area contributed by atoms with Gasteiger partial charge in [-0.2, -0.15) is 5.10 Å². The molecule has 0 bridgehead atoms. The van der Waals surface area contributed by atoms with Crippen LogP contribution in [0.3, 0.4) is 0 Å². The van der Waals surface area contributed by atoms with E-state index in [0.717, 1.165) is 4.47 Å². The molecule has 5 nitrogen and oxygen atoms in total. The maximum Gasteiger partial charge on any atom is 0.274 e. The Bertz CT molecular complexity index is 682. The molecule has 0 radical (unpaired) electrons. The number of nitrogens with one attached hydrogen (secondary N) is 1. The van der Waals surface area contributed by atoms with Crippen molar-refractivity contribution in [2.24, 2.45) is 5.10 Å². The normalized spacial score (nSPS) is 10.9. The van der Waals surface area contributed by atoms with E-state index in [1.165, 1.54) is 12.5 Å². The zero-order chi connectivity index (χ0) is 14.7. The first-order valence-electron chi connectivity index (χ1n) is 5.54. The number of carbonyl (C=O) groups is 1. The number of phenols is 1. The van der Waals surface area contributed by atoms with Gasteiger partial charge in [0.05, 0.1) is 21.6 Å². The van der Waals surface area contributed by atoms with Crippen molar-refractivity contribution < 1.29 is 14.3 Å².